The van der Waals surface area contributed by atoms with Gasteiger partial charge in [0.15, 0.2) is 0 Å². The molecule has 20 heavy (non-hydrogen) atoms. The summed E-state index contributed by atoms with van der Waals surface area (Å²) in [7, 11) is -3.83. The molecule has 2 aliphatic rings. The zero-order valence-corrected chi connectivity index (χ0v) is 12.4. The van der Waals surface area contributed by atoms with Crippen molar-refractivity contribution in [3.8, 4) is 0 Å². The summed E-state index contributed by atoms with van der Waals surface area (Å²) in [5, 5.41) is 3.63. The van der Waals surface area contributed by atoms with E-state index in [2.05, 4.69) is 5.32 Å². The summed E-state index contributed by atoms with van der Waals surface area (Å²) in [6.07, 6.45) is 2.82. The average Bonchev–Trinajstić information content (AvgIpc) is 2.71. The third-order valence-electron chi connectivity index (χ3n) is 4.00. The molecule has 0 amide bonds. The lowest BCUT2D eigenvalue weighted by Crippen LogP contribution is -2.39. The fourth-order valence-electron chi connectivity index (χ4n) is 2.94. The molecule has 1 aromatic carbocycles. The zero-order valence-electron chi connectivity index (χ0n) is 10.9. The molecule has 3 rings (SSSR count). The number of nitrogens with one attached hydrogen (secondary N) is 1. The van der Waals surface area contributed by atoms with Crippen molar-refractivity contribution < 1.29 is 12.8 Å². The Labute approximate surface area is 123 Å². The average molecular weight is 319 g/mol. The fraction of sp³-hybridized carbons (Fsp3) is 0.538. The molecule has 110 valence electrons. The van der Waals surface area contributed by atoms with Crippen molar-refractivity contribution in [2.24, 2.45) is 0 Å². The fourth-order valence-corrected chi connectivity index (χ4v) is 4.77. The van der Waals surface area contributed by atoms with Crippen LogP contribution in [0.5, 0.6) is 0 Å². The van der Waals surface area contributed by atoms with Crippen LogP contribution in [0.4, 0.5) is 4.39 Å². The molecular formula is C13H16ClFN2O2S. The van der Waals surface area contributed by atoms with Crippen molar-refractivity contribution in [2.45, 2.75) is 36.2 Å². The highest BCUT2D eigenvalue weighted by molar-refractivity contribution is 7.89. The lowest BCUT2D eigenvalue weighted by atomic mass is 10.1. The Kier molecular flexibility index (Phi) is 3.75. The van der Waals surface area contributed by atoms with Crippen LogP contribution in [0.25, 0.3) is 0 Å². The molecule has 2 fully saturated rings. The third kappa shape index (κ3) is 2.57. The van der Waals surface area contributed by atoms with E-state index < -0.39 is 15.8 Å². The van der Waals surface area contributed by atoms with Crippen LogP contribution in [0.2, 0.25) is 5.02 Å². The van der Waals surface area contributed by atoms with Gasteiger partial charge in [-0.1, -0.05) is 11.6 Å². The number of rotatable bonds is 2. The monoisotopic (exact) mass is 318 g/mol. The molecule has 1 aromatic rings. The summed E-state index contributed by atoms with van der Waals surface area (Å²) in [5.41, 5.74) is 0. The molecule has 2 unspecified atom stereocenters. The van der Waals surface area contributed by atoms with Gasteiger partial charge in [0.05, 0.1) is 0 Å². The maximum atomic E-state index is 13.8. The molecule has 2 aliphatic heterocycles. The molecule has 0 radical (unpaired) electrons. The smallest absolute Gasteiger partial charge is 0.246 e. The van der Waals surface area contributed by atoms with E-state index >= 15 is 0 Å². The van der Waals surface area contributed by atoms with Crippen LogP contribution >= 0.6 is 11.6 Å². The topological polar surface area (TPSA) is 49.4 Å². The number of benzene rings is 1. The van der Waals surface area contributed by atoms with E-state index in [4.69, 9.17) is 11.6 Å². The molecule has 0 saturated carbocycles. The normalized spacial score (nSPS) is 27.5. The van der Waals surface area contributed by atoms with Gasteiger partial charge >= 0.3 is 0 Å². The molecular weight excluding hydrogens is 303 g/mol. The lowest BCUT2D eigenvalue weighted by molar-refractivity contribution is 0.381. The van der Waals surface area contributed by atoms with Crippen LogP contribution < -0.4 is 5.32 Å². The van der Waals surface area contributed by atoms with Crippen molar-refractivity contribution in [1.29, 1.82) is 0 Å². The number of halogens is 2. The van der Waals surface area contributed by atoms with Crippen LogP contribution in [0, 0.1) is 5.82 Å². The van der Waals surface area contributed by atoms with E-state index in [0.717, 1.165) is 25.3 Å². The first kappa shape index (κ1) is 14.3. The van der Waals surface area contributed by atoms with Gasteiger partial charge in [0.25, 0.3) is 0 Å². The van der Waals surface area contributed by atoms with E-state index in [0.29, 0.717) is 19.1 Å². The van der Waals surface area contributed by atoms with E-state index in [1.54, 1.807) is 0 Å². The standard InChI is InChI=1S/C13H16ClFN2O2S/c14-9-1-4-12(15)13(7-9)20(18,19)17-6-5-10-2-3-11(8-17)16-10/h1,4,7,10-11,16H,2-3,5-6,8H2. The first-order chi connectivity index (χ1) is 9.46. The third-order valence-corrected chi connectivity index (χ3v) is 6.11. The molecule has 7 heteroatoms. The number of sulfonamides is 1. The van der Waals surface area contributed by atoms with Gasteiger partial charge < -0.3 is 5.32 Å². The Hall–Kier alpha value is -0.690. The minimum Gasteiger partial charge on any atom is -0.310 e. The van der Waals surface area contributed by atoms with Crippen LogP contribution in [0.1, 0.15) is 19.3 Å². The molecule has 0 aromatic heterocycles. The summed E-state index contributed by atoms with van der Waals surface area (Å²) in [5.74, 6) is -0.753. The molecule has 2 atom stereocenters. The van der Waals surface area contributed by atoms with Crippen molar-refractivity contribution in [1.82, 2.24) is 9.62 Å². The first-order valence-electron chi connectivity index (χ1n) is 6.68. The Morgan fingerprint density at radius 2 is 2.00 bits per heavy atom. The van der Waals surface area contributed by atoms with Gasteiger partial charge in [-0.3, -0.25) is 0 Å². The minimum atomic E-state index is -3.83. The second-order valence-electron chi connectivity index (χ2n) is 5.36. The maximum Gasteiger partial charge on any atom is 0.246 e. The van der Waals surface area contributed by atoms with Gasteiger partial charge in [0, 0.05) is 30.2 Å². The summed E-state index contributed by atoms with van der Waals surface area (Å²) in [6, 6.07) is 4.17. The highest BCUT2D eigenvalue weighted by atomic mass is 35.5. The number of nitrogens with zero attached hydrogens (tertiary/aromatic N) is 1. The predicted molar refractivity (Wildman–Crippen MR) is 74.7 cm³/mol. The van der Waals surface area contributed by atoms with Gasteiger partial charge in [-0.15, -0.1) is 0 Å². The van der Waals surface area contributed by atoms with Gasteiger partial charge in [-0.2, -0.15) is 4.31 Å². The van der Waals surface area contributed by atoms with Crippen molar-refractivity contribution >= 4 is 21.6 Å². The van der Waals surface area contributed by atoms with Crippen molar-refractivity contribution in [3.63, 3.8) is 0 Å². The summed E-state index contributed by atoms with van der Waals surface area (Å²) < 4.78 is 40.4. The maximum absolute atomic E-state index is 13.8. The van der Waals surface area contributed by atoms with Crippen molar-refractivity contribution in [3.05, 3.63) is 29.0 Å². The van der Waals surface area contributed by atoms with E-state index in [1.807, 2.05) is 0 Å². The van der Waals surface area contributed by atoms with Gasteiger partial charge in [-0.05, 0) is 37.5 Å². The minimum absolute atomic E-state index is 0.166. The molecule has 2 heterocycles. The van der Waals surface area contributed by atoms with E-state index in [9.17, 15) is 12.8 Å². The molecule has 1 N–H and O–H groups in total. The van der Waals surface area contributed by atoms with Gasteiger partial charge in [0.2, 0.25) is 10.0 Å². The van der Waals surface area contributed by atoms with Crippen LogP contribution in [0.3, 0.4) is 0 Å². The Morgan fingerprint density at radius 3 is 2.80 bits per heavy atom. The van der Waals surface area contributed by atoms with Crippen LogP contribution in [0.15, 0.2) is 23.1 Å². The Bertz CT molecular complexity index is 623. The highest BCUT2D eigenvalue weighted by Gasteiger charge is 2.36. The number of fused-ring (bicyclic) bond motifs is 2. The number of hydrogen-bond donors (Lipinski definition) is 1. The zero-order chi connectivity index (χ0) is 14.3. The molecule has 2 bridgehead atoms. The molecule has 0 spiro atoms. The highest BCUT2D eigenvalue weighted by Crippen LogP contribution is 2.27. The predicted octanol–water partition coefficient (Wildman–Crippen LogP) is 1.99. The summed E-state index contributed by atoms with van der Waals surface area (Å²) in [4.78, 5) is -0.331. The second-order valence-corrected chi connectivity index (χ2v) is 7.71. The summed E-state index contributed by atoms with van der Waals surface area (Å²) in [6.45, 7) is 0.813. The second kappa shape index (κ2) is 5.26. The van der Waals surface area contributed by atoms with Crippen molar-refractivity contribution in [2.75, 3.05) is 13.1 Å². The quantitative estimate of drug-likeness (QED) is 0.907. The summed E-state index contributed by atoms with van der Waals surface area (Å²) >= 11 is 5.80. The van der Waals surface area contributed by atoms with Crippen LogP contribution in [-0.2, 0) is 10.0 Å². The number of hydrogen-bond acceptors (Lipinski definition) is 3. The Balaban J connectivity index is 1.93. The van der Waals surface area contributed by atoms with Gasteiger partial charge in [-0.25, -0.2) is 12.8 Å². The SMILES string of the molecule is O=S(=O)(c1cc(Cl)ccc1F)N1CCC2CCC(C1)N2. The molecule has 2 saturated heterocycles. The van der Waals surface area contributed by atoms with E-state index in [-0.39, 0.29) is 16.0 Å². The van der Waals surface area contributed by atoms with Gasteiger partial charge in [0.1, 0.15) is 10.7 Å². The first-order valence-corrected chi connectivity index (χ1v) is 8.50. The van der Waals surface area contributed by atoms with E-state index in [1.165, 1.54) is 16.4 Å². The Morgan fingerprint density at radius 1 is 1.25 bits per heavy atom. The largest absolute Gasteiger partial charge is 0.310 e. The van der Waals surface area contributed by atoms with Crippen LogP contribution in [-0.4, -0.2) is 37.9 Å². The molecule has 4 nitrogen and oxygen atoms in total. The molecule has 0 aliphatic carbocycles. The lowest BCUT2D eigenvalue weighted by Gasteiger charge is -2.23.